The molecule has 13 heteroatoms. The summed E-state index contributed by atoms with van der Waals surface area (Å²) in [6, 6.07) is 14.2. The summed E-state index contributed by atoms with van der Waals surface area (Å²) in [5, 5.41) is 17.7. The number of halogens is 1. The number of hydrogen-bond donors (Lipinski definition) is 2. The molecule has 2 aromatic carbocycles. The fourth-order valence-electron chi connectivity index (χ4n) is 7.44. The van der Waals surface area contributed by atoms with Crippen molar-refractivity contribution in [2.45, 2.75) is 70.7 Å². The molecular weight excluding hydrogens is 651 g/mol. The number of hydrogen-bond acceptors (Lipinski definition) is 9. The lowest BCUT2D eigenvalue weighted by atomic mass is 9.95. The molecule has 51 heavy (non-hydrogen) atoms. The third-order valence-electron chi connectivity index (χ3n) is 10.2. The smallest absolute Gasteiger partial charge is 0.410 e. The lowest BCUT2D eigenvalue weighted by Crippen LogP contribution is -2.56. The molecule has 0 bridgehead atoms. The van der Waals surface area contributed by atoms with Gasteiger partial charge >= 0.3 is 6.09 Å². The highest BCUT2D eigenvalue weighted by atomic mass is 19.1. The zero-order valence-corrected chi connectivity index (χ0v) is 30.0. The minimum atomic E-state index is -0.518. The maximum absolute atomic E-state index is 13.7. The number of carbonyl (C=O) groups is 2. The van der Waals surface area contributed by atoms with E-state index in [9.17, 15) is 19.2 Å². The molecule has 0 radical (unpaired) electrons. The molecule has 272 valence electrons. The van der Waals surface area contributed by atoms with E-state index in [-0.39, 0.29) is 24.2 Å². The van der Waals surface area contributed by atoms with Crippen LogP contribution in [0.25, 0.3) is 11.3 Å². The van der Waals surface area contributed by atoms with Crippen molar-refractivity contribution in [1.82, 2.24) is 29.8 Å². The predicted molar refractivity (Wildman–Crippen MR) is 192 cm³/mol. The van der Waals surface area contributed by atoms with Crippen molar-refractivity contribution in [3.8, 4) is 23.1 Å². The number of piperidine rings is 2. The number of nitrogens with one attached hydrogen (secondary N) is 1. The average molecular weight is 701 g/mol. The van der Waals surface area contributed by atoms with E-state index in [0.29, 0.717) is 34.8 Å². The molecule has 1 aromatic heterocycles. The number of ether oxygens (including phenoxy) is 2. The van der Waals surface area contributed by atoms with Crippen LogP contribution in [0.1, 0.15) is 74.0 Å². The number of aromatic nitrogens is 2. The quantitative estimate of drug-likeness (QED) is 0.314. The highest BCUT2D eigenvalue weighted by Gasteiger charge is 2.36. The molecular formula is C38H49FN8O4. The van der Waals surface area contributed by atoms with Crippen LogP contribution in [0.2, 0.25) is 0 Å². The Morgan fingerprint density at radius 3 is 2.31 bits per heavy atom. The van der Waals surface area contributed by atoms with Gasteiger partial charge in [-0.1, -0.05) is 24.3 Å². The lowest BCUT2D eigenvalue weighted by Gasteiger charge is -2.45. The molecule has 3 aliphatic rings. The van der Waals surface area contributed by atoms with Gasteiger partial charge < -0.3 is 35.2 Å². The van der Waals surface area contributed by atoms with E-state index in [2.05, 4.69) is 21.2 Å². The molecule has 12 nitrogen and oxygen atoms in total. The molecule has 3 aromatic rings. The summed E-state index contributed by atoms with van der Waals surface area (Å²) in [5.41, 5.74) is 8.70. The standard InChI is InChI=1S/C38H49FN8O4/c1-38(2,3)51-37(49)46-23-26(24-46)22-44-15-11-29(12-16-44)45-17-13-30(14-18-45)47-35(41)32(20-40)34(43-47)27-7-5-25(6-8-27)21-42-36(48)31-19-28(39)9-10-33(31)50-4/h5-10,19,26,29-30H,11-18,21-24,41H2,1-4H3,(H,42,48). The highest BCUT2D eigenvalue weighted by molar-refractivity contribution is 5.96. The van der Waals surface area contributed by atoms with Gasteiger partial charge in [0.1, 0.15) is 40.3 Å². The molecule has 3 aliphatic heterocycles. The van der Waals surface area contributed by atoms with E-state index in [1.807, 2.05) is 49.7 Å². The predicted octanol–water partition coefficient (Wildman–Crippen LogP) is 5.05. The van der Waals surface area contributed by atoms with Gasteiger partial charge in [-0.2, -0.15) is 10.4 Å². The van der Waals surface area contributed by atoms with Crippen molar-refractivity contribution in [2.24, 2.45) is 5.92 Å². The van der Waals surface area contributed by atoms with Crippen LogP contribution < -0.4 is 15.8 Å². The Kier molecular flexibility index (Phi) is 10.8. The molecule has 3 fully saturated rings. The summed E-state index contributed by atoms with van der Waals surface area (Å²) in [6.45, 7) is 12.6. The van der Waals surface area contributed by atoms with Gasteiger partial charge in [-0.3, -0.25) is 4.79 Å². The SMILES string of the molecule is COc1ccc(F)cc1C(=O)NCc1ccc(-c2nn(C3CCN(C4CCN(CC5CN(C(=O)OC(C)(C)C)C5)CC4)CC3)c(N)c2C#N)cc1. The first kappa shape index (κ1) is 36.1. The number of anilines is 1. The van der Waals surface area contributed by atoms with Crippen LogP contribution >= 0.6 is 0 Å². The number of benzene rings is 2. The Balaban J connectivity index is 0.979. The maximum Gasteiger partial charge on any atom is 0.410 e. The van der Waals surface area contributed by atoms with Crippen LogP contribution in [-0.4, -0.2) is 101 Å². The summed E-state index contributed by atoms with van der Waals surface area (Å²) >= 11 is 0. The second-order valence-electron chi connectivity index (χ2n) is 14.9. The van der Waals surface area contributed by atoms with E-state index in [1.165, 1.54) is 19.2 Å². The molecule has 2 amide bonds. The van der Waals surface area contributed by atoms with Gasteiger partial charge in [0.05, 0.1) is 18.7 Å². The number of nitriles is 1. The molecule has 0 unspecified atom stereocenters. The van der Waals surface area contributed by atoms with Crippen molar-refractivity contribution in [2.75, 3.05) is 58.7 Å². The largest absolute Gasteiger partial charge is 0.496 e. The Morgan fingerprint density at radius 2 is 1.69 bits per heavy atom. The van der Waals surface area contributed by atoms with Crippen LogP contribution in [0, 0.1) is 23.1 Å². The van der Waals surface area contributed by atoms with Crippen molar-refractivity contribution in [1.29, 1.82) is 5.26 Å². The van der Waals surface area contributed by atoms with Gasteiger partial charge in [-0.25, -0.2) is 13.9 Å². The number of carbonyl (C=O) groups excluding carboxylic acids is 2. The van der Waals surface area contributed by atoms with E-state index >= 15 is 0 Å². The summed E-state index contributed by atoms with van der Waals surface area (Å²) < 4.78 is 26.3. The van der Waals surface area contributed by atoms with Crippen LogP contribution in [-0.2, 0) is 11.3 Å². The number of nitrogens with zero attached hydrogens (tertiary/aromatic N) is 6. The fraction of sp³-hybridized carbons (Fsp3) is 0.526. The summed E-state index contributed by atoms with van der Waals surface area (Å²) in [4.78, 5) is 31.9. The normalized spacial score (nSPS) is 18.2. The highest BCUT2D eigenvalue weighted by Crippen LogP contribution is 2.34. The van der Waals surface area contributed by atoms with Crippen molar-refractivity contribution < 1.29 is 23.5 Å². The molecule has 3 saturated heterocycles. The molecule has 6 rings (SSSR count). The maximum atomic E-state index is 13.7. The van der Waals surface area contributed by atoms with Gasteiger partial charge in [-0.05, 0) is 83.3 Å². The van der Waals surface area contributed by atoms with Gasteiger partial charge in [0.2, 0.25) is 0 Å². The molecule has 4 heterocycles. The number of nitrogens with two attached hydrogens (primary N) is 1. The zero-order valence-electron chi connectivity index (χ0n) is 30.0. The minimum absolute atomic E-state index is 0.114. The average Bonchev–Trinajstić information content (AvgIpc) is 3.44. The first-order valence-corrected chi connectivity index (χ1v) is 17.9. The lowest BCUT2D eigenvalue weighted by molar-refractivity contribution is -0.00955. The van der Waals surface area contributed by atoms with Crippen molar-refractivity contribution >= 4 is 17.8 Å². The zero-order chi connectivity index (χ0) is 36.3. The number of nitrogen functional groups attached to an aromatic ring is 1. The third-order valence-corrected chi connectivity index (χ3v) is 10.2. The Hall–Kier alpha value is -4.67. The van der Waals surface area contributed by atoms with Gasteiger partial charge in [0.15, 0.2) is 0 Å². The monoisotopic (exact) mass is 700 g/mol. The van der Waals surface area contributed by atoms with Gasteiger partial charge in [0.25, 0.3) is 5.91 Å². The van der Waals surface area contributed by atoms with Gasteiger partial charge in [0, 0.05) is 56.8 Å². The second kappa shape index (κ2) is 15.3. The minimum Gasteiger partial charge on any atom is -0.496 e. The summed E-state index contributed by atoms with van der Waals surface area (Å²) in [5.74, 6) is 0.236. The summed E-state index contributed by atoms with van der Waals surface area (Å²) in [7, 11) is 1.43. The van der Waals surface area contributed by atoms with E-state index in [1.54, 1.807) is 4.90 Å². The first-order chi connectivity index (χ1) is 24.4. The van der Waals surface area contributed by atoms with Crippen molar-refractivity contribution in [3.05, 3.63) is 65.0 Å². The number of methoxy groups -OCH3 is 1. The van der Waals surface area contributed by atoms with Crippen LogP contribution in [0.5, 0.6) is 5.75 Å². The summed E-state index contributed by atoms with van der Waals surface area (Å²) in [6.07, 6.45) is 3.89. The second-order valence-corrected chi connectivity index (χ2v) is 14.9. The van der Waals surface area contributed by atoms with E-state index in [4.69, 9.17) is 20.3 Å². The van der Waals surface area contributed by atoms with Gasteiger partial charge in [-0.15, -0.1) is 0 Å². The number of amides is 2. The Labute approximate surface area is 299 Å². The van der Waals surface area contributed by atoms with Crippen LogP contribution in [0.3, 0.4) is 0 Å². The number of rotatable bonds is 9. The Morgan fingerprint density at radius 1 is 1.02 bits per heavy atom. The van der Waals surface area contributed by atoms with Crippen LogP contribution in [0.15, 0.2) is 42.5 Å². The van der Waals surface area contributed by atoms with Crippen molar-refractivity contribution in [3.63, 3.8) is 0 Å². The molecule has 3 N–H and O–H groups in total. The Bertz CT molecular complexity index is 1740. The fourth-order valence-corrected chi connectivity index (χ4v) is 7.44. The topological polar surface area (TPSA) is 142 Å². The first-order valence-electron chi connectivity index (χ1n) is 17.9. The molecule has 0 aliphatic carbocycles. The van der Waals surface area contributed by atoms with Crippen LogP contribution in [0.4, 0.5) is 15.0 Å². The molecule has 0 spiro atoms. The van der Waals surface area contributed by atoms with E-state index in [0.717, 1.165) is 88.7 Å². The number of likely N-dealkylation sites (tertiary alicyclic amines) is 3. The molecule has 0 saturated carbocycles. The third kappa shape index (κ3) is 8.45. The molecule has 0 atom stereocenters. The van der Waals surface area contributed by atoms with E-state index < -0.39 is 17.3 Å².